The molecule has 1 aliphatic rings. The van der Waals surface area contributed by atoms with Crippen LogP contribution in [0.5, 0.6) is 0 Å². The van der Waals surface area contributed by atoms with E-state index < -0.39 is 10.0 Å². The zero-order valence-electron chi connectivity index (χ0n) is 16.7. The van der Waals surface area contributed by atoms with Crippen LogP contribution in [-0.2, 0) is 14.8 Å². The van der Waals surface area contributed by atoms with Crippen molar-refractivity contribution in [1.29, 1.82) is 0 Å². The Labute approximate surface area is 167 Å². The molecule has 0 radical (unpaired) electrons. The van der Waals surface area contributed by atoms with Crippen molar-refractivity contribution in [2.75, 3.05) is 17.8 Å². The van der Waals surface area contributed by atoms with E-state index in [1.165, 1.54) is 0 Å². The molecule has 2 aromatic rings. The van der Waals surface area contributed by atoms with Crippen molar-refractivity contribution < 1.29 is 13.2 Å². The highest BCUT2D eigenvalue weighted by Crippen LogP contribution is 2.29. The molecule has 3 rings (SSSR count). The molecule has 1 amide bonds. The van der Waals surface area contributed by atoms with Gasteiger partial charge in [-0.3, -0.25) is 9.52 Å². The van der Waals surface area contributed by atoms with E-state index >= 15 is 0 Å². The van der Waals surface area contributed by atoms with E-state index in [0.29, 0.717) is 23.9 Å². The van der Waals surface area contributed by atoms with Crippen LogP contribution < -0.4 is 4.72 Å². The molecule has 2 aromatic carbocycles. The van der Waals surface area contributed by atoms with Gasteiger partial charge in [0.1, 0.15) is 0 Å². The third kappa shape index (κ3) is 4.55. The molecule has 1 fully saturated rings. The Morgan fingerprint density at radius 3 is 2.32 bits per heavy atom. The van der Waals surface area contributed by atoms with E-state index in [1.807, 2.05) is 36.1 Å². The molecule has 0 aliphatic carbocycles. The second-order valence-corrected chi connectivity index (χ2v) is 9.31. The number of sulfonamides is 1. The van der Waals surface area contributed by atoms with E-state index in [1.54, 1.807) is 24.3 Å². The van der Waals surface area contributed by atoms with E-state index in [9.17, 15) is 13.2 Å². The summed E-state index contributed by atoms with van der Waals surface area (Å²) in [4.78, 5) is 14.0. The van der Waals surface area contributed by atoms with Crippen LogP contribution in [0.2, 0.25) is 0 Å². The van der Waals surface area contributed by atoms with Gasteiger partial charge in [0.05, 0.1) is 4.90 Å². The van der Waals surface area contributed by atoms with Gasteiger partial charge in [-0.1, -0.05) is 45.0 Å². The summed E-state index contributed by atoms with van der Waals surface area (Å²) in [6.07, 6.45) is 1.48. The molecule has 1 aliphatic heterocycles. The third-order valence-corrected chi connectivity index (χ3v) is 6.73. The molecule has 5 nitrogen and oxygen atoms in total. The quantitative estimate of drug-likeness (QED) is 0.784. The number of rotatable bonds is 6. The molecule has 0 bridgehead atoms. The number of nitrogens with one attached hydrogen (secondary N) is 1. The number of hydrogen-bond acceptors (Lipinski definition) is 3. The summed E-state index contributed by atoms with van der Waals surface area (Å²) >= 11 is 0. The Hall–Kier alpha value is -2.34. The van der Waals surface area contributed by atoms with Gasteiger partial charge < -0.3 is 4.90 Å². The van der Waals surface area contributed by atoms with Crippen molar-refractivity contribution in [3.05, 3.63) is 59.7 Å². The Balaban J connectivity index is 1.67. The fourth-order valence-electron chi connectivity index (χ4n) is 3.55. The lowest BCUT2D eigenvalue weighted by Gasteiger charge is -2.16. The van der Waals surface area contributed by atoms with E-state index in [2.05, 4.69) is 18.6 Å². The van der Waals surface area contributed by atoms with Crippen LogP contribution in [0.15, 0.2) is 53.4 Å². The maximum atomic E-state index is 12.6. The van der Waals surface area contributed by atoms with Crippen LogP contribution in [0.4, 0.5) is 5.69 Å². The lowest BCUT2D eigenvalue weighted by atomic mass is 9.98. The standard InChI is InChI=1S/C22H28N2O3S/c1-4-22(25)24-14-13-19(15-24)18-5-9-20(10-6-18)23-28(26,27)21-11-7-17(8-12-21)16(2)3/h5-12,16,19,23H,4,13-15H2,1-3H3/t19-/m1/s1. The van der Waals surface area contributed by atoms with E-state index in [-0.39, 0.29) is 10.8 Å². The van der Waals surface area contributed by atoms with Crippen LogP contribution in [-0.4, -0.2) is 32.3 Å². The molecule has 0 spiro atoms. The molecule has 0 aromatic heterocycles. The third-order valence-electron chi connectivity index (χ3n) is 5.33. The largest absolute Gasteiger partial charge is 0.342 e. The minimum absolute atomic E-state index is 0.190. The summed E-state index contributed by atoms with van der Waals surface area (Å²) in [5.41, 5.74) is 2.78. The van der Waals surface area contributed by atoms with Crippen LogP contribution >= 0.6 is 0 Å². The molecule has 1 saturated heterocycles. The first kappa shape index (κ1) is 20.4. The van der Waals surface area contributed by atoms with Gasteiger partial charge in [-0.15, -0.1) is 0 Å². The monoisotopic (exact) mass is 400 g/mol. The van der Waals surface area contributed by atoms with Gasteiger partial charge in [-0.25, -0.2) is 8.42 Å². The fourth-order valence-corrected chi connectivity index (χ4v) is 4.61. The summed E-state index contributed by atoms with van der Waals surface area (Å²) in [5, 5.41) is 0. The molecule has 150 valence electrons. The average Bonchev–Trinajstić information content (AvgIpc) is 3.18. The van der Waals surface area contributed by atoms with Gasteiger partial charge >= 0.3 is 0 Å². The van der Waals surface area contributed by atoms with Gasteiger partial charge in [0, 0.05) is 31.1 Å². The highest BCUT2D eigenvalue weighted by Gasteiger charge is 2.26. The van der Waals surface area contributed by atoms with Crippen molar-refractivity contribution >= 4 is 21.6 Å². The zero-order chi connectivity index (χ0) is 20.3. The lowest BCUT2D eigenvalue weighted by molar-refractivity contribution is -0.129. The Bertz CT molecular complexity index is 919. The molecule has 6 heteroatoms. The molecular formula is C22H28N2O3S. The van der Waals surface area contributed by atoms with Crippen LogP contribution in [0.3, 0.4) is 0 Å². The minimum Gasteiger partial charge on any atom is -0.342 e. The molecule has 28 heavy (non-hydrogen) atoms. The van der Waals surface area contributed by atoms with Crippen molar-refractivity contribution in [1.82, 2.24) is 4.90 Å². The van der Waals surface area contributed by atoms with Gasteiger partial charge in [-0.2, -0.15) is 0 Å². The van der Waals surface area contributed by atoms with Gasteiger partial charge in [0.25, 0.3) is 10.0 Å². The SMILES string of the molecule is CCC(=O)N1CC[C@@H](c2ccc(NS(=O)(=O)c3ccc(C(C)C)cc3)cc2)C1. The molecule has 1 atom stereocenters. The number of carbonyl (C=O) groups is 1. The highest BCUT2D eigenvalue weighted by atomic mass is 32.2. The van der Waals surface area contributed by atoms with E-state index in [4.69, 9.17) is 0 Å². The second kappa shape index (κ2) is 8.35. The summed E-state index contributed by atoms with van der Waals surface area (Å²) in [6, 6.07) is 14.5. The van der Waals surface area contributed by atoms with Gasteiger partial charge in [-0.05, 0) is 47.7 Å². The number of amides is 1. The smallest absolute Gasteiger partial charge is 0.261 e. The summed E-state index contributed by atoms with van der Waals surface area (Å²) < 4.78 is 27.9. The number of nitrogens with zero attached hydrogens (tertiary/aromatic N) is 1. The molecule has 0 unspecified atom stereocenters. The van der Waals surface area contributed by atoms with E-state index in [0.717, 1.165) is 30.6 Å². The van der Waals surface area contributed by atoms with Crippen molar-refractivity contribution in [2.45, 2.75) is 50.3 Å². The average molecular weight is 401 g/mol. The first-order chi connectivity index (χ1) is 13.3. The fraction of sp³-hybridized carbons (Fsp3) is 0.409. The summed E-state index contributed by atoms with van der Waals surface area (Å²) in [6.45, 7) is 7.56. The molecule has 1 heterocycles. The second-order valence-electron chi connectivity index (χ2n) is 7.63. The number of carbonyl (C=O) groups excluding carboxylic acids is 1. The van der Waals surface area contributed by atoms with Crippen molar-refractivity contribution in [2.24, 2.45) is 0 Å². The number of anilines is 1. The first-order valence-corrected chi connectivity index (χ1v) is 11.3. The minimum atomic E-state index is -3.61. The number of hydrogen-bond donors (Lipinski definition) is 1. The Kier molecular flexibility index (Phi) is 6.08. The Morgan fingerprint density at radius 2 is 1.75 bits per heavy atom. The molecular weight excluding hydrogens is 372 g/mol. The van der Waals surface area contributed by atoms with Crippen molar-refractivity contribution in [3.63, 3.8) is 0 Å². The first-order valence-electron chi connectivity index (χ1n) is 9.80. The van der Waals surface area contributed by atoms with Gasteiger partial charge in [0.2, 0.25) is 5.91 Å². The molecule has 1 N–H and O–H groups in total. The summed E-state index contributed by atoms with van der Waals surface area (Å²) in [7, 11) is -3.61. The maximum Gasteiger partial charge on any atom is 0.261 e. The normalized spacial score (nSPS) is 17.1. The topological polar surface area (TPSA) is 66.5 Å². The summed E-state index contributed by atoms with van der Waals surface area (Å²) in [5.74, 6) is 0.858. The Morgan fingerprint density at radius 1 is 1.11 bits per heavy atom. The van der Waals surface area contributed by atoms with Crippen LogP contribution in [0, 0.1) is 0 Å². The number of benzene rings is 2. The number of likely N-dealkylation sites (tertiary alicyclic amines) is 1. The maximum absolute atomic E-state index is 12.6. The van der Waals surface area contributed by atoms with Crippen LogP contribution in [0.25, 0.3) is 0 Å². The van der Waals surface area contributed by atoms with Crippen LogP contribution in [0.1, 0.15) is 56.6 Å². The predicted molar refractivity (Wildman–Crippen MR) is 112 cm³/mol. The zero-order valence-corrected chi connectivity index (χ0v) is 17.5. The van der Waals surface area contributed by atoms with Crippen molar-refractivity contribution in [3.8, 4) is 0 Å². The van der Waals surface area contributed by atoms with Gasteiger partial charge in [0.15, 0.2) is 0 Å². The highest BCUT2D eigenvalue weighted by molar-refractivity contribution is 7.92. The predicted octanol–water partition coefficient (Wildman–Crippen LogP) is 4.34. The lowest BCUT2D eigenvalue weighted by Crippen LogP contribution is -2.27. The molecule has 0 saturated carbocycles.